The SMILES string of the molecule is Cc1ccc(CNc2cccnc2N2CCCC2)cn1. The van der Waals surface area contributed by atoms with Crippen molar-refractivity contribution in [3.8, 4) is 0 Å². The van der Waals surface area contributed by atoms with Crippen LogP contribution in [0.5, 0.6) is 0 Å². The predicted octanol–water partition coefficient (Wildman–Crippen LogP) is 3.00. The molecule has 1 aliphatic heterocycles. The van der Waals surface area contributed by atoms with Crippen molar-refractivity contribution >= 4 is 11.5 Å². The summed E-state index contributed by atoms with van der Waals surface area (Å²) in [6.07, 6.45) is 6.32. The van der Waals surface area contributed by atoms with E-state index in [1.807, 2.05) is 31.5 Å². The molecule has 0 saturated carbocycles. The van der Waals surface area contributed by atoms with Crippen LogP contribution >= 0.6 is 0 Å². The minimum absolute atomic E-state index is 0.778. The minimum Gasteiger partial charge on any atom is -0.378 e. The van der Waals surface area contributed by atoms with Gasteiger partial charge in [0.1, 0.15) is 0 Å². The van der Waals surface area contributed by atoms with Crippen LogP contribution in [0.1, 0.15) is 24.1 Å². The van der Waals surface area contributed by atoms with E-state index in [1.165, 1.54) is 18.4 Å². The van der Waals surface area contributed by atoms with Gasteiger partial charge < -0.3 is 10.2 Å². The molecule has 1 N–H and O–H groups in total. The third-order valence-corrected chi connectivity index (χ3v) is 3.65. The maximum absolute atomic E-state index is 4.53. The summed E-state index contributed by atoms with van der Waals surface area (Å²) in [4.78, 5) is 11.2. The van der Waals surface area contributed by atoms with E-state index in [0.717, 1.165) is 36.8 Å². The Morgan fingerprint density at radius 2 is 2.00 bits per heavy atom. The number of hydrogen-bond acceptors (Lipinski definition) is 4. The van der Waals surface area contributed by atoms with Crippen molar-refractivity contribution in [1.29, 1.82) is 0 Å². The molecule has 0 bridgehead atoms. The lowest BCUT2D eigenvalue weighted by Gasteiger charge is -2.20. The number of nitrogens with zero attached hydrogens (tertiary/aromatic N) is 3. The maximum atomic E-state index is 4.53. The van der Waals surface area contributed by atoms with Crippen molar-refractivity contribution in [2.45, 2.75) is 26.3 Å². The molecule has 4 heteroatoms. The smallest absolute Gasteiger partial charge is 0.151 e. The zero-order valence-electron chi connectivity index (χ0n) is 11.8. The Bertz CT molecular complexity index is 559. The molecule has 0 unspecified atom stereocenters. The second kappa shape index (κ2) is 5.90. The standard InChI is InChI=1S/C16H20N4/c1-13-6-7-14(11-18-13)12-19-15-5-4-8-17-16(15)20-9-2-3-10-20/h4-8,11,19H,2-3,9-10,12H2,1H3. The lowest BCUT2D eigenvalue weighted by Crippen LogP contribution is -2.20. The first-order valence-electron chi connectivity index (χ1n) is 7.18. The molecule has 104 valence electrons. The Labute approximate surface area is 119 Å². The minimum atomic E-state index is 0.778. The Morgan fingerprint density at radius 3 is 2.75 bits per heavy atom. The van der Waals surface area contributed by atoms with Crippen LogP contribution < -0.4 is 10.2 Å². The molecule has 4 nitrogen and oxygen atoms in total. The zero-order chi connectivity index (χ0) is 13.8. The van der Waals surface area contributed by atoms with Crippen molar-refractivity contribution in [1.82, 2.24) is 9.97 Å². The van der Waals surface area contributed by atoms with Crippen molar-refractivity contribution in [3.05, 3.63) is 47.9 Å². The Hall–Kier alpha value is -2.10. The van der Waals surface area contributed by atoms with Crippen LogP contribution in [0.3, 0.4) is 0 Å². The summed E-state index contributed by atoms with van der Waals surface area (Å²) in [5.74, 6) is 1.07. The summed E-state index contributed by atoms with van der Waals surface area (Å²) in [5.41, 5.74) is 3.34. The van der Waals surface area contributed by atoms with Crippen molar-refractivity contribution < 1.29 is 0 Å². The maximum Gasteiger partial charge on any atom is 0.151 e. The summed E-state index contributed by atoms with van der Waals surface area (Å²) < 4.78 is 0. The summed E-state index contributed by atoms with van der Waals surface area (Å²) in [7, 11) is 0. The number of hydrogen-bond donors (Lipinski definition) is 1. The number of aromatic nitrogens is 2. The molecular weight excluding hydrogens is 248 g/mol. The Morgan fingerprint density at radius 1 is 1.15 bits per heavy atom. The van der Waals surface area contributed by atoms with Crippen LogP contribution in [0.4, 0.5) is 11.5 Å². The molecule has 1 fully saturated rings. The average Bonchev–Trinajstić information content (AvgIpc) is 3.01. The van der Waals surface area contributed by atoms with E-state index in [1.54, 1.807) is 0 Å². The van der Waals surface area contributed by atoms with Gasteiger partial charge in [0.05, 0.1) is 5.69 Å². The third kappa shape index (κ3) is 2.90. The molecule has 3 rings (SSSR count). The van der Waals surface area contributed by atoms with Gasteiger partial charge in [0.2, 0.25) is 0 Å². The largest absolute Gasteiger partial charge is 0.378 e. The monoisotopic (exact) mass is 268 g/mol. The molecule has 2 aromatic heterocycles. The summed E-state index contributed by atoms with van der Waals surface area (Å²) in [6.45, 7) is 5.00. The highest BCUT2D eigenvalue weighted by molar-refractivity contribution is 5.65. The predicted molar refractivity (Wildman–Crippen MR) is 82.0 cm³/mol. The van der Waals surface area contributed by atoms with Crippen LogP contribution in [0, 0.1) is 6.92 Å². The summed E-state index contributed by atoms with van der Waals surface area (Å²) >= 11 is 0. The molecule has 0 amide bonds. The lowest BCUT2D eigenvalue weighted by atomic mass is 10.2. The molecule has 0 aliphatic carbocycles. The van der Waals surface area contributed by atoms with Crippen LogP contribution in [0.2, 0.25) is 0 Å². The molecule has 2 aromatic rings. The van der Waals surface area contributed by atoms with Crippen LogP contribution in [0.15, 0.2) is 36.7 Å². The van der Waals surface area contributed by atoms with E-state index in [-0.39, 0.29) is 0 Å². The number of aryl methyl sites for hydroxylation is 1. The van der Waals surface area contributed by atoms with Gasteiger partial charge in [-0.1, -0.05) is 6.07 Å². The second-order valence-electron chi connectivity index (χ2n) is 5.23. The van der Waals surface area contributed by atoms with Gasteiger partial charge in [-0.15, -0.1) is 0 Å². The highest BCUT2D eigenvalue weighted by Gasteiger charge is 2.16. The number of nitrogens with one attached hydrogen (secondary N) is 1. The lowest BCUT2D eigenvalue weighted by molar-refractivity contribution is 0.934. The van der Waals surface area contributed by atoms with Gasteiger partial charge in [-0.2, -0.15) is 0 Å². The Kier molecular flexibility index (Phi) is 3.81. The molecule has 20 heavy (non-hydrogen) atoms. The Balaban J connectivity index is 1.72. The number of pyridine rings is 2. The summed E-state index contributed by atoms with van der Waals surface area (Å²) in [5, 5.41) is 3.48. The van der Waals surface area contributed by atoms with Gasteiger partial charge in [0.15, 0.2) is 5.82 Å². The average molecular weight is 268 g/mol. The topological polar surface area (TPSA) is 41.1 Å². The van der Waals surface area contributed by atoms with E-state index < -0.39 is 0 Å². The fourth-order valence-electron chi connectivity index (χ4n) is 2.52. The highest BCUT2D eigenvalue weighted by Crippen LogP contribution is 2.26. The van der Waals surface area contributed by atoms with Gasteiger partial charge in [0.25, 0.3) is 0 Å². The fraction of sp³-hybridized carbons (Fsp3) is 0.375. The van der Waals surface area contributed by atoms with E-state index in [4.69, 9.17) is 0 Å². The fourth-order valence-corrected chi connectivity index (χ4v) is 2.52. The first kappa shape index (κ1) is 12.9. The normalized spacial score (nSPS) is 14.6. The molecule has 0 aromatic carbocycles. The molecule has 0 spiro atoms. The molecule has 0 radical (unpaired) electrons. The van der Waals surface area contributed by atoms with Gasteiger partial charge in [-0.3, -0.25) is 4.98 Å². The van der Waals surface area contributed by atoms with Gasteiger partial charge in [0, 0.05) is 37.7 Å². The molecule has 0 atom stereocenters. The number of rotatable bonds is 4. The quantitative estimate of drug-likeness (QED) is 0.925. The van der Waals surface area contributed by atoms with Crippen LogP contribution in [-0.4, -0.2) is 23.1 Å². The van der Waals surface area contributed by atoms with E-state index in [9.17, 15) is 0 Å². The first-order chi connectivity index (χ1) is 9.83. The summed E-state index contributed by atoms with van der Waals surface area (Å²) in [6, 6.07) is 8.24. The van der Waals surface area contributed by atoms with Crippen LogP contribution in [0.25, 0.3) is 0 Å². The van der Waals surface area contributed by atoms with Gasteiger partial charge in [-0.05, 0) is 43.5 Å². The number of anilines is 2. The zero-order valence-corrected chi connectivity index (χ0v) is 11.8. The van der Waals surface area contributed by atoms with Crippen molar-refractivity contribution in [2.75, 3.05) is 23.3 Å². The van der Waals surface area contributed by atoms with E-state index in [2.05, 4.69) is 32.3 Å². The highest BCUT2D eigenvalue weighted by atomic mass is 15.2. The van der Waals surface area contributed by atoms with Crippen molar-refractivity contribution in [2.24, 2.45) is 0 Å². The molecular formula is C16H20N4. The molecule has 1 aliphatic rings. The van der Waals surface area contributed by atoms with E-state index in [0.29, 0.717) is 0 Å². The third-order valence-electron chi connectivity index (χ3n) is 3.65. The first-order valence-corrected chi connectivity index (χ1v) is 7.18. The molecule has 1 saturated heterocycles. The molecule has 3 heterocycles. The van der Waals surface area contributed by atoms with E-state index >= 15 is 0 Å². The van der Waals surface area contributed by atoms with Gasteiger partial charge >= 0.3 is 0 Å². The second-order valence-corrected chi connectivity index (χ2v) is 5.23. The van der Waals surface area contributed by atoms with Gasteiger partial charge in [-0.25, -0.2) is 4.98 Å². The van der Waals surface area contributed by atoms with Crippen molar-refractivity contribution in [3.63, 3.8) is 0 Å². The van der Waals surface area contributed by atoms with Crippen LogP contribution in [-0.2, 0) is 6.54 Å².